The molecule has 2 amide bonds. The Hall–Kier alpha value is -3.34. The van der Waals surface area contributed by atoms with Crippen LogP contribution >= 0.6 is 0 Å². The third kappa shape index (κ3) is 9.58. The van der Waals surface area contributed by atoms with Crippen molar-refractivity contribution in [2.45, 2.75) is 84.2 Å². The molecule has 0 aromatic heterocycles. The van der Waals surface area contributed by atoms with Crippen molar-refractivity contribution in [3.8, 4) is 0 Å². The number of sulfonamides is 1. The van der Waals surface area contributed by atoms with E-state index in [0.29, 0.717) is 5.56 Å². The Bertz CT molecular complexity index is 1430. The average Bonchev–Trinajstić information content (AvgIpc) is 2.97. The van der Waals surface area contributed by atoms with Gasteiger partial charge in [0.25, 0.3) is 5.91 Å². The molecule has 0 saturated heterocycles. The normalized spacial score (nSPS) is 15.6. The summed E-state index contributed by atoms with van der Waals surface area (Å²) in [4.78, 5) is 41.5. The summed E-state index contributed by atoms with van der Waals surface area (Å²) < 4.78 is 27.5. The molecular formula is C35H52N4O5S. The molecule has 0 spiro atoms. The maximum Gasteiger partial charge on any atom is 0.260 e. The number of carbonyl (C=O) groups excluding carboxylic acids is 3. The first-order valence-electron chi connectivity index (χ1n) is 15.3. The molecule has 3 atom stereocenters. The number of carbonyl (C=O) groups is 3. The van der Waals surface area contributed by atoms with E-state index in [-0.39, 0.29) is 29.7 Å². The van der Waals surface area contributed by atoms with Crippen LogP contribution in [-0.4, -0.2) is 69.7 Å². The SMILES string of the molecule is CN[C@@](C=O)(CN[C@H](C(=O)N(C)[C@H](/C=C(\C)C(=O)NS(=O)(=O)Cc1ccccc1)C(C)C)C(C)(C)C)C(C)(C)c1ccccc1. The van der Waals surface area contributed by atoms with E-state index in [4.69, 9.17) is 0 Å². The maximum atomic E-state index is 14.2. The summed E-state index contributed by atoms with van der Waals surface area (Å²) in [5, 5.41) is 6.65. The lowest BCUT2D eigenvalue weighted by molar-refractivity contribution is -0.137. The molecule has 0 bridgehead atoms. The number of benzene rings is 2. The van der Waals surface area contributed by atoms with Gasteiger partial charge in [0.15, 0.2) is 0 Å². The molecule has 2 rings (SSSR count). The quantitative estimate of drug-likeness (QED) is 0.197. The van der Waals surface area contributed by atoms with Gasteiger partial charge < -0.3 is 20.3 Å². The highest BCUT2D eigenvalue weighted by molar-refractivity contribution is 7.89. The number of nitrogens with one attached hydrogen (secondary N) is 3. The van der Waals surface area contributed by atoms with Gasteiger partial charge in [0.05, 0.1) is 23.4 Å². The van der Waals surface area contributed by atoms with Gasteiger partial charge in [-0.3, -0.25) is 9.59 Å². The Morgan fingerprint density at radius 2 is 1.47 bits per heavy atom. The Morgan fingerprint density at radius 3 is 1.93 bits per heavy atom. The van der Waals surface area contributed by atoms with Gasteiger partial charge in [0.1, 0.15) is 6.29 Å². The fourth-order valence-corrected chi connectivity index (χ4v) is 6.64. The molecule has 0 aliphatic carbocycles. The van der Waals surface area contributed by atoms with Crippen molar-refractivity contribution in [2.75, 3.05) is 20.6 Å². The van der Waals surface area contributed by atoms with Crippen molar-refractivity contribution in [2.24, 2.45) is 11.3 Å². The minimum atomic E-state index is -3.93. The van der Waals surface area contributed by atoms with E-state index in [1.54, 1.807) is 55.4 Å². The Labute approximate surface area is 270 Å². The highest BCUT2D eigenvalue weighted by atomic mass is 32.2. The smallest absolute Gasteiger partial charge is 0.260 e. The molecule has 45 heavy (non-hydrogen) atoms. The fraction of sp³-hybridized carbons (Fsp3) is 0.514. The number of likely N-dealkylation sites (N-methyl/N-ethyl adjacent to an activating group) is 2. The highest BCUT2D eigenvalue weighted by Gasteiger charge is 2.47. The first kappa shape index (κ1) is 37.8. The van der Waals surface area contributed by atoms with Gasteiger partial charge in [-0.25, -0.2) is 13.1 Å². The zero-order chi connectivity index (χ0) is 34.2. The third-order valence-corrected chi connectivity index (χ3v) is 9.87. The maximum absolute atomic E-state index is 14.2. The minimum absolute atomic E-state index is 0.0911. The lowest BCUT2D eigenvalue weighted by Gasteiger charge is -2.45. The molecule has 9 nitrogen and oxygen atoms in total. The molecule has 0 fully saturated rings. The number of hydrogen-bond donors (Lipinski definition) is 3. The molecule has 0 aliphatic rings. The zero-order valence-corrected chi connectivity index (χ0v) is 29.3. The van der Waals surface area contributed by atoms with Crippen LogP contribution in [0, 0.1) is 11.3 Å². The molecular weight excluding hydrogens is 588 g/mol. The lowest BCUT2D eigenvalue weighted by atomic mass is 9.68. The molecule has 0 saturated carbocycles. The first-order valence-corrected chi connectivity index (χ1v) is 16.9. The molecule has 0 heterocycles. The standard InChI is InChI=1S/C35H52N4O5S/c1-25(2)29(21-26(3)31(41)38-45(43,44)22-27-17-13-11-14-18-27)39(10)32(42)30(33(4,5)6)37-23-35(24-40,36-9)34(7,8)28-19-15-12-16-20-28/h11-21,24-25,29-30,36-37H,22-23H2,1-10H3,(H,38,41)/b26-21+/t29-,30-,35-/m1/s1. The van der Waals surface area contributed by atoms with Crippen LogP contribution in [0.1, 0.15) is 66.5 Å². The molecule has 2 aromatic carbocycles. The number of rotatable bonds is 15. The summed E-state index contributed by atoms with van der Waals surface area (Å²) in [6.45, 7) is 15.5. The number of aldehydes is 1. The molecule has 248 valence electrons. The van der Waals surface area contributed by atoms with Crippen LogP contribution < -0.4 is 15.4 Å². The van der Waals surface area contributed by atoms with Crippen LogP contribution in [0.3, 0.4) is 0 Å². The second-order valence-electron chi connectivity index (χ2n) is 13.7. The summed E-state index contributed by atoms with van der Waals surface area (Å²) in [7, 11) is -0.503. The number of nitrogens with zero attached hydrogens (tertiary/aromatic N) is 1. The fourth-order valence-electron chi connectivity index (χ4n) is 5.49. The van der Waals surface area contributed by atoms with Crippen LogP contribution in [0.25, 0.3) is 0 Å². The summed E-state index contributed by atoms with van der Waals surface area (Å²) >= 11 is 0. The molecule has 0 unspecified atom stereocenters. The predicted octanol–water partition coefficient (Wildman–Crippen LogP) is 4.20. The van der Waals surface area contributed by atoms with E-state index >= 15 is 0 Å². The zero-order valence-electron chi connectivity index (χ0n) is 28.5. The van der Waals surface area contributed by atoms with Crippen LogP contribution in [0.2, 0.25) is 0 Å². The van der Waals surface area contributed by atoms with Gasteiger partial charge in [-0.05, 0) is 36.4 Å². The topological polar surface area (TPSA) is 125 Å². The Balaban J connectivity index is 2.32. The third-order valence-electron chi connectivity index (χ3n) is 8.66. The van der Waals surface area contributed by atoms with Crippen molar-refractivity contribution in [3.63, 3.8) is 0 Å². The Morgan fingerprint density at radius 1 is 0.933 bits per heavy atom. The summed E-state index contributed by atoms with van der Waals surface area (Å²) in [5.74, 6) is -1.37. The van der Waals surface area contributed by atoms with Crippen molar-refractivity contribution in [1.82, 2.24) is 20.3 Å². The second-order valence-corrected chi connectivity index (χ2v) is 15.4. The highest BCUT2D eigenvalue weighted by Crippen LogP contribution is 2.34. The van der Waals surface area contributed by atoms with Gasteiger partial charge in [-0.1, -0.05) is 115 Å². The van der Waals surface area contributed by atoms with Crippen LogP contribution in [0.15, 0.2) is 72.3 Å². The lowest BCUT2D eigenvalue weighted by Crippen LogP contribution is -2.66. The number of hydrogen-bond acceptors (Lipinski definition) is 7. The van der Waals surface area contributed by atoms with Gasteiger partial charge in [-0.2, -0.15) is 0 Å². The summed E-state index contributed by atoms with van der Waals surface area (Å²) in [6.07, 6.45) is 2.55. The van der Waals surface area contributed by atoms with Crippen molar-refractivity contribution >= 4 is 28.1 Å². The average molecular weight is 641 g/mol. The monoisotopic (exact) mass is 640 g/mol. The second kappa shape index (κ2) is 15.3. The van der Waals surface area contributed by atoms with Crippen molar-refractivity contribution in [1.29, 1.82) is 0 Å². The van der Waals surface area contributed by atoms with Gasteiger partial charge >= 0.3 is 0 Å². The van der Waals surface area contributed by atoms with E-state index in [9.17, 15) is 22.8 Å². The molecule has 0 radical (unpaired) electrons. The van der Waals surface area contributed by atoms with Crippen molar-refractivity contribution < 1.29 is 22.8 Å². The number of amides is 2. The minimum Gasteiger partial charge on any atom is -0.338 e. The largest absolute Gasteiger partial charge is 0.338 e. The van der Waals surface area contributed by atoms with Crippen LogP contribution in [0.4, 0.5) is 0 Å². The first-order chi connectivity index (χ1) is 20.8. The van der Waals surface area contributed by atoms with Gasteiger partial charge in [-0.15, -0.1) is 0 Å². The van der Waals surface area contributed by atoms with Crippen LogP contribution in [-0.2, 0) is 35.6 Å². The molecule has 2 aromatic rings. The van der Waals surface area contributed by atoms with E-state index in [2.05, 4.69) is 15.4 Å². The molecule has 3 N–H and O–H groups in total. The summed E-state index contributed by atoms with van der Waals surface area (Å²) in [6, 6.07) is 17.2. The van der Waals surface area contributed by atoms with Gasteiger partial charge in [0.2, 0.25) is 15.9 Å². The van der Waals surface area contributed by atoms with E-state index in [0.717, 1.165) is 11.8 Å². The van der Waals surface area contributed by atoms with E-state index in [1.807, 2.05) is 78.8 Å². The van der Waals surface area contributed by atoms with E-state index < -0.39 is 44.4 Å². The Kier molecular flexibility index (Phi) is 12.9. The van der Waals surface area contributed by atoms with Crippen molar-refractivity contribution in [3.05, 3.63) is 83.4 Å². The predicted molar refractivity (Wildman–Crippen MR) is 181 cm³/mol. The van der Waals surface area contributed by atoms with Gasteiger partial charge in [0, 0.05) is 24.6 Å². The summed E-state index contributed by atoms with van der Waals surface area (Å²) in [5.41, 5.74) is -0.459. The molecule has 10 heteroatoms. The molecule has 0 aliphatic heterocycles. The van der Waals surface area contributed by atoms with E-state index in [1.165, 1.54) is 6.92 Å². The van der Waals surface area contributed by atoms with Crippen LogP contribution in [0.5, 0.6) is 0 Å².